The predicted octanol–water partition coefficient (Wildman–Crippen LogP) is 1.49. The second-order valence-electron chi connectivity index (χ2n) is 3.78. The Labute approximate surface area is 126 Å². The summed E-state index contributed by atoms with van der Waals surface area (Å²) in [5.74, 6) is -1.14. The Morgan fingerprint density at radius 1 is 1.35 bits per heavy atom. The van der Waals surface area contributed by atoms with Crippen molar-refractivity contribution in [3.63, 3.8) is 0 Å². The summed E-state index contributed by atoms with van der Waals surface area (Å²) in [6, 6.07) is 2.66. The van der Waals surface area contributed by atoms with E-state index < -0.39 is 18.5 Å². The second-order valence-corrected chi connectivity index (χ2v) is 4.57. The summed E-state index contributed by atoms with van der Waals surface area (Å²) in [5.41, 5.74) is 5.87. The fourth-order valence-corrected chi connectivity index (χ4v) is 1.62. The molecule has 0 heterocycles. The van der Waals surface area contributed by atoms with Gasteiger partial charge in [0, 0.05) is 13.7 Å². The van der Waals surface area contributed by atoms with Gasteiger partial charge in [-0.3, -0.25) is 4.79 Å². The Kier molecular flexibility index (Phi) is 6.57. The Morgan fingerprint density at radius 2 is 2.05 bits per heavy atom. The van der Waals surface area contributed by atoms with Crippen molar-refractivity contribution in [2.24, 2.45) is 0 Å². The van der Waals surface area contributed by atoms with Gasteiger partial charge in [-0.25, -0.2) is 4.79 Å². The van der Waals surface area contributed by atoms with Crippen LogP contribution in [-0.2, 0) is 14.3 Å². The molecule has 0 aromatic heterocycles. The summed E-state index contributed by atoms with van der Waals surface area (Å²) in [6.07, 6.45) is 0. The van der Waals surface area contributed by atoms with Crippen molar-refractivity contribution in [2.45, 2.75) is 0 Å². The van der Waals surface area contributed by atoms with Gasteiger partial charge < -0.3 is 20.5 Å². The second kappa shape index (κ2) is 7.94. The number of anilines is 1. The molecule has 0 radical (unpaired) electrons. The van der Waals surface area contributed by atoms with Gasteiger partial charge in [-0.2, -0.15) is 0 Å². The minimum Gasteiger partial charge on any atom is -0.452 e. The quantitative estimate of drug-likeness (QED) is 0.471. The number of methoxy groups -OCH3 is 1. The van der Waals surface area contributed by atoms with Crippen LogP contribution in [0.4, 0.5) is 5.69 Å². The van der Waals surface area contributed by atoms with Crippen molar-refractivity contribution in [1.29, 1.82) is 0 Å². The number of hydrogen-bond donors (Lipinski definition) is 2. The molecular formula is C12H14Cl2N2O4. The number of amides is 1. The molecule has 8 heteroatoms. The third-order valence-electron chi connectivity index (χ3n) is 2.25. The minimum absolute atomic E-state index is 0.126. The van der Waals surface area contributed by atoms with E-state index in [-0.39, 0.29) is 21.3 Å². The molecule has 0 bridgehead atoms. The normalized spacial score (nSPS) is 10.2. The molecule has 0 aliphatic rings. The largest absolute Gasteiger partial charge is 0.452 e. The zero-order valence-corrected chi connectivity index (χ0v) is 12.3. The molecule has 0 atom stereocenters. The smallest absolute Gasteiger partial charge is 0.338 e. The minimum atomic E-state index is -0.711. The van der Waals surface area contributed by atoms with Crippen LogP contribution < -0.4 is 11.1 Å². The maximum atomic E-state index is 11.7. The van der Waals surface area contributed by atoms with Crippen LogP contribution in [0.1, 0.15) is 10.4 Å². The Balaban J connectivity index is 2.53. The van der Waals surface area contributed by atoms with E-state index in [2.05, 4.69) is 5.32 Å². The molecular weight excluding hydrogens is 307 g/mol. The number of nitrogen functional groups attached to an aromatic ring is 1. The fraction of sp³-hybridized carbons (Fsp3) is 0.333. The fourth-order valence-electron chi connectivity index (χ4n) is 1.29. The molecule has 3 N–H and O–H groups in total. The molecule has 1 aromatic carbocycles. The molecule has 110 valence electrons. The van der Waals surface area contributed by atoms with E-state index in [1.165, 1.54) is 19.2 Å². The van der Waals surface area contributed by atoms with Crippen molar-refractivity contribution in [3.05, 3.63) is 27.7 Å². The first kappa shape index (κ1) is 16.6. The SMILES string of the molecule is COCCNC(=O)COC(=O)c1cc(N)c(Cl)c(Cl)c1. The van der Waals surface area contributed by atoms with Gasteiger partial charge in [0.2, 0.25) is 0 Å². The van der Waals surface area contributed by atoms with E-state index in [1.807, 2.05) is 0 Å². The number of carbonyl (C=O) groups excluding carboxylic acids is 2. The lowest BCUT2D eigenvalue weighted by Crippen LogP contribution is -2.31. The van der Waals surface area contributed by atoms with E-state index in [1.54, 1.807) is 0 Å². The summed E-state index contributed by atoms with van der Waals surface area (Å²) in [7, 11) is 1.51. The molecule has 0 aliphatic carbocycles. The third kappa shape index (κ3) is 4.88. The molecule has 0 saturated heterocycles. The Bertz CT molecular complexity index is 485. The molecule has 0 aliphatic heterocycles. The molecule has 20 heavy (non-hydrogen) atoms. The van der Waals surface area contributed by atoms with E-state index in [0.29, 0.717) is 13.2 Å². The number of ether oxygens (including phenoxy) is 2. The van der Waals surface area contributed by atoms with Gasteiger partial charge >= 0.3 is 5.97 Å². The van der Waals surface area contributed by atoms with E-state index in [0.717, 1.165) is 0 Å². The number of nitrogens with two attached hydrogens (primary N) is 1. The van der Waals surface area contributed by atoms with Gasteiger partial charge in [-0.05, 0) is 12.1 Å². The molecule has 6 nitrogen and oxygen atoms in total. The van der Waals surface area contributed by atoms with Crippen molar-refractivity contribution < 1.29 is 19.1 Å². The molecule has 0 saturated carbocycles. The average Bonchev–Trinajstić information content (AvgIpc) is 2.41. The lowest BCUT2D eigenvalue weighted by atomic mass is 10.2. The van der Waals surface area contributed by atoms with Gasteiger partial charge in [-0.15, -0.1) is 0 Å². The maximum absolute atomic E-state index is 11.7. The van der Waals surface area contributed by atoms with Crippen LogP contribution in [0.25, 0.3) is 0 Å². The standard InChI is InChI=1S/C12H14Cl2N2O4/c1-19-3-2-16-10(17)6-20-12(18)7-4-8(13)11(14)9(15)5-7/h4-5H,2-3,6,15H2,1H3,(H,16,17). The molecule has 0 fully saturated rings. The van der Waals surface area contributed by atoms with Crippen molar-refractivity contribution in [3.8, 4) is 0 Å². The highest BCUT2D eigenvalue weighted by molar-refractivity contribution is 6.43. The van der Waals surface area contributed by atoms with Crippen molar-refractivity contribution in [2.75, 3.05) is 32.6 Å². The number of halogens is 2. The molecule has 1 rings (SSSR count). The molecule has 1 aromatic rings. The van der Waals surface area contributed by atoms with Crippen molar-refractivity contribution in [1.82, 2.24) is 5.32 Å². The maximum Gasteiger partial charge on any atom is 0.338 e. The van der Waals surface area contributed by atoms with Gasteiger partial charge in [0.05, 0.1) is 27.9 Å². The highest BCUT2D eigenvalue weighted by atomic mass is 35.5. The van der Waals surface area contributed by atoms with Gasteiger partial charge in [0.1, 0.15) is 0 Å². The number of rotatable bonds is 6. The number of esters is 1. The van der Waals surface area contributed by atoms with Gasteiger partial charge in [-0.1, -0.05) is 23.2 Å². The van der Waals surface area contributed by atoms with Crippen LogP contribution in [0.2, 0.25) is 10.0 Å². The summed E-state index contributed by atoms with van der Waals surface area (Å²) in [4.78, 5) is 23.0. The van der Waals surface area contributed by atoms with E-state index in [4.69, 9.17) is 38.4 Å². The first-order valence-corrected chi connectivity index (χ1v) is 6.38. The van der Waals surface area contributed by atoms with E-state index in [9.17, 15) is 9.59 Å². The van der Waals surface area contributed by atoms with Crippen molar-refractivity contribution >= 4 is 40.8 Å². The lowest BCUT2D eigenvalue weighted by Gasteiger charge is -2.08. The predicted molar refractivity (Wildman–Crippen MR) is 76.0 cm³/mol. The zero-order chi connectivity index (χ0) is 15.1. The Hall–Kier alpha value is -1.50. The summed E-state index contributed by atoms with van der Waals surface area (Å²) in [5, 5.41) is 2.82. The number of nitrogens with one attached hydrogen (secondary N) is 1. The van der Waals surface area contributed by atoms with Gasteiger partial charge in [0.15, 0.2) is 6.61 Å². The third-order valence-corrected chi connectivity index (χ3v) is 3.07. The average molecular weight is 321 g/mol. The van der Waals surface area contributed by atoms with Gasteiger partial charge in [0.25, 0.3) is 5.91 Å². The molecule has 1 amide bonds. The van der Waals surface area contributed by atoms with E-state index >= 15 is 0 Å². The summed E-state index contributed by atoms with van der Waals surface area (Å²) >= 11 is 11.6. The van der Waals surface area contributed by atoms with Crippen LogP contribution in [0.3, 0.4) is 0 Å². The topological polar surface area (TPSA) is 90.6 Å². The van der Waals surface area contributed by atoms with Crippen LogP contribution in [0.15, 0.2) is 12.1 Å². The monoisotopic (exact) mass is 320 g/mol. The summed E-state index contributed by atoms with van der Waals surface area (Å²) in [6.45, 7) is 0.318. The first-order chi connectivity index (χ1) is 9.45. The highest BCUT2D eigenvalue weighted by Crippen LogP contribution is 2.29. The number of hydrogen-bond acceptors (Lipinski definition) is 5. The molecule has 0 spiro atoms. The molecule has 0 unspecified atom stereocenters. The zero-order valence-electron chi connectivity index (χ0n) is 10.7. The first-order valence-electron chi connectivity index (χ1n) is 5.63. The van der Waals surface area contributed by atoms with Crippen LogP contribution in [0, 0.1) is 0 Å². The highest BCUT2D eigenvalue weighted by Gasteiger charge is 2.13. The van der Waals surface area contributed by atoms with Crippen LogP contribution >= 0.6 is 23.2 Å². The lowest BCUT2D eigenvalue weighted by molar-refractivity contribution is -0.124. The van der Waals surface area contributed by atoms with Crippen LogP contribution in [-0.4, -0.2) is 38.7 Å². The number of carbonyl (C=O) groups is 2. The summed E-state index contributed by atoms with van der Waals surface area (Å²) < 4.78 is 9.58. The Morgan fingerprint density at radius 3 is 2.65 bits per heavy atom. The number of benzene rings is 1. The van der Waals surface area contributed by atoms with Crippen LogP contribution in [0.5, 0.6) is 0 Å².